The van der Waals surface area contributed by atoms with Crippen molar-refractivity contribution in [3.8, 4) is 5.69 Å². The fourth-order valence-corrected chi connectivity index (χ4v) is 4.53. The van der Waals surface area contributed by atoms with E-state index in [0.29, 0.717) is 20.1 Å². The first-order valence-electron chi connectivity index (χ1n) is 8.99. The summed E-state index contributed by atoms with van der Waals surface area (Å²) in [6.07, 6.45) is 0. The lowest BCUT2D eigenvalue weighted by molar-refractivity contribution is -0.119. The molecule has 4 aromatic rings. The van der Waals surface area contributed by atoms with E-state index in [4.69, 9.17) is 16.3 Å². The van der Waals surface area contributed by atoms with Gasteiger partial charge in [-0.1, -0.05) is 39.7 Å². The molecule has 2 aromatic heterocycles. The lowest BCUT2D eigenvalue weighted by atomic mass is 10.3. The maximum absolute atomic E-state index is 13.8. The van der Waals surface area contributed by atoms with Crippen molar-refractivity contribution < 1.29 is 18.7 Å². The second-order valence-corrected chi connectivity index (χ2v) is 8.88. The van der Waals surface area contributed by atoms with Gasteiger partial charge in [-0.25, -0.2) is 13.9 Å². The number of para-hydroxylation sites is 1. The van der Waals surface area contributed by atoms with Crippen molar-refractivity contribution in [2.45, 2.75) is 6.92 Å². The highest BCUT2D eigenvalue weighted by Crippen LogP contribution is 2.32. The molecule has 31 heavy (non-hydrogen) atoms. The number of hydrogen-bond donors (Lipinski definition) is 1. The lowest BCUT2D eigenvalue weighted by Gasteiger charge is -2.07. The number of carbonyl (C=O) groups excluding carboxylic acids is 2. The van der Waals surface area contributed by atoms with Crippen LogP contribution in [0.2, 0.25) is 5.02 Å². The van der Waals surface area contributed by atoms with Gasteiger partial charge in [0.1, 0.15) is 15.5 Å². The maximum Gasteiger partial charge on any atom is 0.348 e. The van der Waals surface area contributed by atoms with Crippen LogP contribution in [0.4, 0.5) is 10.1 Å². The molecule has 2 heterocycles. The molecule has 0 aliphatic rings. The Morgan fingerprint density at radius 2 is 2.03 bits per heavy atom. The second-order valence-electron chi connectivity index (χ2n) is 6.53. The number of esters is 1. The van der Waals surface area contributed by atoms with Crippen molar-refractivity contribution in [3.05, 3.63) is 74.4 Å². The smallest absolute Gasteiger partial charge is 0.348 e. The largest absolute Gasteiger partial charge is 0.451 e. The van der Waals surface area contributed by atoms with Crippen LogP contribution in [0.3, 0.4) is 0 Å². The average molecular weight is 523 g/mol. The summed E-state index contributed by atoms with van der Waals surface area (Å²) in [7, 11) is 0. The van der Waals surface area contributed by atoms with Crippen LogP contribution in [0.25, 0.3) is 15.9 Å². The quantitative estimate of drug-likeness (QED) is 0.339. The number of fused-ring (bicyclic) bond motifs is 1. The van der Waals surface area contributed by atoms with Gasteiger partial charge in [0.25, 0.3) is 5.91 Å². The fourth-order valence-electron chi connectivity index (χ4n) is 2.91. The third kappa shape index (κ3) is 4.48. The SMILES string of the molecule is Cc1nn(-c2ccccc2Cl)c2sc(C(=O)OCC(=O)Nc3ccc(Br)cc3F)cc12. The molecular formula is C21H14BrClFN3O3S. The number of benzene rings is 2. The molecule has 2 aromatic carbocycles. The molecule has 0 saturated heterocycles. The Bertz CT molecular complexity index is 1320. The minimum absolute atomic E-state index is 0.00145. The maximum atomic E-state index is 13.8. The number of hydrogen-bond acceptors (Lipinski definition) is 5. The van der Waals surface area contributed by atoms with Gasteiger partial charge < -0.3 is 10.1 Å². The Morgan fingerprint density at radius 3 is 2.77 bits per heavy atom. The predicted molar refractivity (Wildman–Crippen MR) is 122 cm³/mol. The van der Waals surface area contributed by atoms with Crippen molar-refractivity contribution in [2.75, 3.05) is 11.9 Å². The molecule has 0 atom stereocenters. The van der Waals surface area contributed by atoms with Gasteiger partial charge in [-0.15, -0.1) is 11.3 Å². The first-order chi connectivity index (χ1) is 14.8. The molecule has 0 radical (unpaired) electrons. The molecule has 6 nitrogen and oxygen atoms in total. The van der Waals surface area contributed by atoms with Crippen LogP contribution in [0, 0.1) is 12.7 Å². The summed E-state index contributed by atoms with van der Waals surface area (Å²) in [4.78, 5) is 25.6. The molecule has 0 spiro atoms. The molecule has 1 N–H and O–H groups in total. The van der Waals surface area contributed by atoms with Gasteiger partial charge in [0.05, 0.1) is 22.1 Å². The number of anilines is 1. The third-order valence-corrected chi connectivity index (χ3v) is 6.27. The highest BCUT2D eigenvalue weighted by molar-refractivity contribution is 9.10. The number of nitrogens with zero attached hydrogens (tertiary/aromatic N) is 2. The van der Waals surface area contributed by atoms with E-state index in [9.17, 15) is 14.0 Å². The Hall–Kier alpha value is -2.75. The number of rotatable bonds is 5. The van der Waals surface area contributed by atoms with Gasteiger partial charge >= 0.3 is 5.97 Å². The van der Waals surface area contributed by atoms with Gasteiger partial charge in [-0.2, -0.15) is 5.10 Å². The molecule has 158 valence electrons. The normalized spacial score (nSPS) is 11.0. The highest BCUT2D eigenvalue weighted by Gasteiger charge is 2.20. The van der Waals surface area contributed by atoms with Crippen molar-refractivity contribution in [2.24, 2.45) is 0 Å². The number of ether oxygens (including phenoxy) is 1. The zero-order valence-electron chi connectivity index (χ0n) is 16.0. The zero-order valence-corrected chi connectivity index (χ0v) is 19.1. The zero-order chi connectivity index (χ0) is 22.1. The third-order valence-electron chi connectivity index (χ3n) is 4.37. The van der Waals surface area contributed by atoms with Crippen LogP contribution in [-0.2, 0) is 9.53 Å². The molecule has 0 bridgehead atoms. The molecular weight excluding hydrogens is 509 g/mol. The van der Waals surface area contributed by atoms with Crippen LogP contribution in [0.15, 0.2) is 53.0 Å². The van der Waals surface area contributed by atoms with E-state index in [1.165, 1.54) is 23.5 Å². The number of aryl methyl sites for hydroxylation is 1. The topological polar surface area (TPSA) is 73.2 Å². The first kappa shape index (κ1) is 21.5. The molecule has 0 saturated carbocycles. The molecule has 0 aliphatic heterocycles. The standard InChI is InChI=1S/C21H14BrClFN3O3S/c1-11-13-9-18(31-20(13)27(26-11)17-5-3-2-4-14(17)23)21(29)30-10-19(28)25-16-7-6-12(22)8-15(16)24/h2-9H,10H2,1H3,(H,25,28). The summed E-state index contributed by atoms with van der Waals surface area (Å²) in [5, 5.41) is 8.20. The van der Waals surface area contributed by atoms with Gasteiger partial charge in [0.2, 0.25) is 0 Å². The summed E-state index contributed by atoms with van der Waals surface area (Å²) in [5.74, 6) is -1.90. The number of halogens is 3. The van der Waals surface area contributed by atoms with Crippen LogP contribution >= 0.6 is 38.9 Å². The number of carbonyl (C=O) groups is 2. The Morgan fingerprint density at radius 1 is 1.26 bits per heavy atom. The van der Waals surface area contributed by atoms with Gasteiger partial charge in [-0.05, 0) is 43.3 Å². The summed E-state index contributed by atoms with van der Waals surface area (Å²) in [6, 6.07) is 13.2. The van der Waals surface area contributed by atoms with E-state index in [1.54, 1.807) is 22.9 Å². The molecule has 10 heteroatoms. The Balaban J connectivity index is 1.49. The highest BCUT2D eigenvalue weighted by atomic mass is 79.9. The molecule has 1 amide bonds. The van der Waals surface area contributed by atoms with Gasteiger partial charge in [-0.3, -0.25) is 4.79 Å². The minimum atomic E-state index is -0.655. The van der Waals surface area contributed by atoms with E-state index < -0.39 is 24.3 Å². The summed E-state index contributed by atoms with van der Waals surface area (Å²) in [5.41, 5.74) is 1.43. The Kier molecular flexibility index (Phi) is 6.08. The van der Waals surface area contributed by atoms with Crippen LogP contribution in [0.1, 0.15) is 15.4 Å². The molecule has 0 unspecified atom stereocenters. The van der Waals surface area contributed by atoms with Crippen LogP contribution < -0.4 is 5.32 Å². The second kappa shape index (κ2) is 8.78. The van der Waals surface area contributed by atoms with E-state index in [1.807, 2.05) is 25.1 Å². The van der Waals surface area contributed by atoms with E-state index in [0.717, 1.165) is 15.9 Å². The van der Waals surface area contributed by atoms with Crippen LogP contribution in [0.5, 0.6) is 0 Å². The van der Waals surface area contributed by atoms with Gasteiger partial charge in [0, 0.05) is 9.86 Å². The van der Waals surface area contributed by atoms with Crippen molar-refractivity contribution in [1.29, 1.82) is 0 Å². The first-order valence-corrected chi connectivity index (χ1v) is 11.0. The van der Waals surface area contributed by atoms with Crippen molar-refractivity contribution >= 4 is 66.6 Å². The Labute approximate surface area is 193 Å². The fraction of sp³-hybridized carbons (Fsp3) is 0.0952. The van der Waals surface area contributed by atoms with E-state index in [-0.39, 0.29) is 5.69 Å². The number of thiophene rings is 1. The number of nitrogens with one attached hydrogen (secondary N) is 1. The van der Waals surface area contributed by atoms with Crippen molar-refractivity contribution in [3.63, 3.8) is 0 Å². The van der Waals surface area contributed by atoms with E-state index in [2.05, 4.69) is 26.3 Å². The minimum Gasteiger partial charge on any atom is -0.451 e. The van der Waals surface area contributed by atoms with Crippen LogP contribution in [-0.4, -0.2) is 28.3 Å². The number of aromatic nitrogens is 2. The average Bonchev–Trinajstić information content (AvgIpc) is 3.30. The van der Waals surface area contributed by atoms with Gasteiger partial charge in [0.15, 0.2) is 6.61 Å². The lowest BCUT2D eigenvalue weighted by Crippen LogP contribution is -2.21. The molecule has 4 rings (SSSR count). The number of amides is 1. The summed E-state index contributed by atoms with van der Waals surface area (Å²) < 4.78 is 21.2. The summed E-state index contributed by atoms with van der Waals surface area (Å²) in [6.45, 7) is 1.29. The monoisotopic (exact) mass is 521 g/mol. The molecule has 0 aliphatic carbocycles. The molecule has 0 fully saturated rings. The summed E-state index contributed by atoms with van der Waals surface area (Å²) >= 11 is 10.6. The van der Waals surface area contributed by atoms with Crippen molar-refractivity contribution in [1.82, 2.24) is 9.78 Å². The van der Waals surface area contributed by atoms with E-state index >= 15 is 0 Å². The predicted octanol–water partition coefficient (Wildman–Crippen LogP) is 5.75.